The van der Waals surface area contributed by atoms with Crippen LogP contribution < -0.4 is 9.80 Å². The number of para-hydroxylation sites is 2. The predicted octanol–water partition coefficient (Wildman–Crippen LogP) is 12.8. The molecule has 0 amide bonds. The molecule has 0 fully saturated rings. The lowest BCUT2D eigenvalue weighted by molar-refractivity contribution is 1.24. The topological polar surface area (TPSA) is 6.48 Å². The molecule has 0 aliphatic heterocycles. The van der Waals surface area contributed by atoms with Crippen molar-refractivity contribution < 1.29 is 0 Å². The van der Waals surface area contributed by atoms with Crippen molar-refractivity contribution in [1.82, 2.24) is 0 Å². The quantitative estimate of drug-likeness (QED) is 0.177. The average Bonchev–Trinajstić information content (AvgIpc) is 3.09. The number of nitrogens with zero attached hydrogens (tertiary/aromatic N) is 2. The second kappa shape index (κ2) is 11.1. The van der Waals surface area contributed by atoms with Gasteiger partial charge in [0.1, 0.15) is 0 Å². The molecule has 8 aromatic rings. The molecule has 0 N–H and O–H groups in total. The Labute approximate surface area is 271 Å². The monoisotopic (exact) mass is 592 g/mol. The van der Waals surface area contributed by atoms with Crippen molar-refractivity contribution in [1.29, 1.82) is 0 Å². The second-order valence-corrected chi connectivity index (χ2v) is 12.5. The van der Waals surface area contributed by atoms with E-state index < -0.39 is 0 Å². The van der Waals surface area contributed by atoms with Crippen molar-refractivity contribution >= 4 is 66.4 Å². The van der Waals surface area contributed by atoms with Crippen LogP contribution in [0.5, 0.6) is 0 Å². The molecule has 0 saturated heterocycles. The van der Waals surface area contributed by atoms with Crippen LogP contribution in [0.3, 0.4) is 0 Å². The van der Waals surface area contributed by atoms with E-state index in [4.69, 9.17) is 0 Å². The second-order valence-electron chi connectivity index (χ2n) is 12.5. The highest BCUT2D eigenvalue weighted by molar-refractivity contribution is 6.29. The number of anilines is 6. The summed E-state index contributed by atoms with van der Waals surface area (Å²) in [6, 6.07) is 53.4. The molecule has 46 heavy (non-hydrogen) atoms. The van der Waals surface area contributed by atoms with Gasteiger partial charge < -0.3 is 9.80 Å². The summed E-state index contributed by atoms with van der Waals surface area (Å²) in [5.74, 6) is 0. The Hall–Kier alpha value is -5.60. The first-order valence-corrected chi connectivity index (χ1v) is 16.0. The lowest BCUT2D eigenvalue weighted by Gasteiger charge is -2.31. The Morgan fingerprint density at radius 1 is 0.348 bits per heavy atom. The molecule has 0 radical (unpaired) electrons. The number of rotatable bonds is 6. The Morgan fingerprint density at radius 3 is 1.48 bits per heavy atom. The third-order valence-corrected chi connectivity index (χ3v) is 9.32. The van der Waals surface area contributed by atoms with Crippen molar-refractivity contribution in [2.24, 2.45) is 0 Å². The van der Waals surface area contributed by atoms with Gasteiger partial charge in [-0.15, -0.1) is 0 Å². The largest absolute Gasteiger partial charge is 0.310 e. The van der Waals surface area contributed by atoms with E-state index in [1.807, 2.05) is 0 Å². The molecule has 0 unspecified atom stereocenters. The lowest BCUT2D eigenvalue weighted by atomic mass is 9.91. The molecule has 2 heteroatoms. The SMILES string of the molecule is Cc1ccc(C)c(N(c2ccccc2)c2cc3ccc(N(c4ccccc4)c4cc(C)ccc4C)c4ccc5cccc2c5c34)c1. The van der Waals surface area contributed by atoms with Crippen LogP contribution in [0.4, 0.5) is 34.1 Å². The molecule has 0 bridgehead atoms. The van der Waals surface area contributed by atoms with Crippen LogP contribution in [0.1, 0.15) is 22.3 Å². The highest BCUT2D eigenvalue weighted by Crippen LogP contribution is 2.49. The zero-order valence-electron chi connectivity index (χ0n) is 26.8. The number of hydrogen-bond donors (Lipinski definition) is 0. The van der Waals surface area contributed by atoms with Gasteiger partial charge >= 0.3 is 0 Å². The van der Waals surface area contributed by atoms with E-state index in [0.29, 0.717) is 0 Å². The summed E-state index contributed by atoms with van der Waals surface area (Å²) in [5, 5.41) is 7.58. The normalized spacial score (nSPS) is 11.5. The van der Waals surface area contributed by atoms with Gasteiger partial charge in [0.25, 0.3) is 0 Å². The Balaban J connectivity index is 1.45. The fourth-order valence-electron chi connectivity index (χ4n) is 7.06. The van der Waals surface area contributed by atoms with Gasteiger partial charge in [-0.25, -0.2) is 0 Å². The van der Waals surface area contributed by atoms with Gasteiger partial charge in [-0.05, 0) is 120 Å². The Morgan fingerprint density at radius 2 is 0.870 bits per heavy atom. The Kier molecular flexibility index (Phi) is 6.73. The minimum atomic E-state index is 1.15. The zero-order chi connectivity index (χ0) is 31.4. The standard InChI is InChI=1S/C44H36N2/c1-29-18-20-31(3)40(26-29)45(35-13-7-5-8-14-35)39-25-23-34-28-42(37-17-11-12-33-22-24-38(39)44(34)43(33)37)46(36-15-9-6-10-16-36)41-27-30(2)19-21-32(41)4/h5-28H,1-4H3. The number of hydrogen-bond acceptors (Lipinski definition) is 2. The number of aryl methyl sites for hydroxylation is 4. The van der Waals surface area contributed by atoms with Gasteiger partial charge in [-0.2, -0.15) is 0 Å². The van der Waals surface area contributed by atoms with Crippen molar-refractivity contribution in [3.05, 3.63) is 168 Å². The first-order valence-electron chi connectivity index (χ1n) is 16.0. The predicted molar refractivity (Wildman–Crippen MR) is 198 cm³/mol. The lowest BCUT2D eigenvalue weighted by Crippen LogP contribution is -2.13. The minimum absolute atomic E-state index is 1.15. The van der Waals surface area contributed by atoms with Crippen LogP contribution in [0.15, 0.2) is 146 Å². The van der Waals surface area contributed by atoms with Crippen molar-refractivity contribution in [3.8, 4) is 0 Å². The van der Waals surface area contributed by atoms with E-state index in [1.165, 1.54) is 77.3 Å². The van der Waals surface area contributed by atoms with Gasteiger partial charge in [-0.3, -0.25) is 0 Å². The van der Waals surface area contributed by atoms with Crippen molar-refractivity contribution in [3.63, 3.8) is 0 Å². The van der Waals surface area contributed by atoms with Crippen LogP contribution >= 0.6 is 0 Å². The highest BCUT2D eigenvalue weighted by Gasteiger charge is 2.23. The summed E-state index contributed by atoms with van der Waals surface area (Å²) in [5.41, 5.74) is 12.1. The molecule has 0 aliphatic rings. The molecule has 8 aromatic carbocycles. The maximum absolute atomic E-state index is 2.44. The van der Waals surface area contributed by atoms with Gasteiger partial charge in [0.2, 0.25) is 0 Å². The fraction of sp³-hybridized carbons (Fsp3) is 0.0909. The number of benzene rings is 8. The molecule has 2 nitrogen and oxygen atoms in total. The van der Waals surface area contributed by atoms with Crippen LogP contribution in [0, 0.1) is 27.7 Å². The summed E-state index contributed by atoms with van der Waals surface area (Å²) in [6.45, 7) is 8.76. The third kappa shape index (κ3) is 4.57. The van der Waals surface area contributed by atoms with Crippen LogP contribution in [-0.2, 0) is 0 Å². The van der Waals surface area contributed by atoms with Gasteiger partial charge in [0.15, 0.2) is 0 Å². The summed E-state index contributed by atoms with van der Waals surface area (Å²) >= 11 is 0. The molecule has 222 valence electrons. The van der Waals surface area contributed by atoms with E-state index in [1.54, 1.807) is 0 Å². The van der Waals surface area contributed by atoms with Gasteiger partial charge in [0, 0.05) is 33.5 Å². The molecular weight excluding hydrogens is 556 g/mol. The molecule has 0 spiro atoms. The summed E-state index contributed by atoms with van der Waals surface area (Å²) in [7, 11) is 0. The van der Waals surface area contributed by atoms with Crippen LogP contribution in [0.2, 0.25) is 0 Å². The van der Waals surface area contributed by atoms with E-state index in [9.17, 15) is 0 Å². The first kappa shape index (κ1) is 27.9. The molecule has 0 atom stereocenters. The van der Waals surface area contributed by atoms with E-state index >= 15 is 0 Å². The van der Waals surface area contributed by atoms with Crippen LogP contribution in [-0.4, -0.2) is 0 Å². The Bertz CT molecular complexity index is 2350. The zero-order valence-corrected chi connectivity index (χ0v) is 26.8. The molecule has 8 rings (SSSR count). The van der Waals surface area contributed by atoms with Crippen molar-refractivity contribution in [2.45, 2.75) is 27.7 Å². The molecule has 0 aromatic heterocycles. The molecule has 0 heterocycles. The van der Waals surface area contributed by atoms with Crippen LogP contribution in [0.25, 0.3) is 32.3 Å². The van der Waals surface area contributed by atoms with E-state index in [2.05, 4.69) is 183 Å². The summed E-state index contributed by atoms with van der Waals surface area (Å²) in [4.78, 5) is 4.88. The van der Waals surface area contributed by atoms with Gasteiger partial charge in [-0.1, -0.05) is 97.1 Å². The first-order chi connectivity index (χ1) is 22.5. The maximum Gasteiger partial charge on any atom is 0.0546 e. The van der Waals surface area contributed by atoms with E-state index in [0.717, 1.165) is 11.4 Å². The molecule has 0 saturated carbocycles. The highest BCUT2D eigenvalue weighted by atomic mass is 15.2. The van der Waals surface area contributed by atoms with Crippen molar-refractivity contribution in [2.75, 3.05) is 9.80 Å². The minimum Gasteiger partial charge on any atom is -0.310 e. The smallest absolute Gasteiger partial charge is 0.0546 e. The molecular formula is C44H36N2. The third-order valence-electron chi connectivity index (χ3n) is 9.32. The average molecular weight is 593 g/mol. The van der Waals surface area contributed by atoms with Gasteiger partial charge in [0.05, 0.1) is 11.4 Å². The van der Waals surface area contributed by atoms with E-state index in [-0.39, 0.29) is 0 Å². The maximum atomic E-state index is 2.44. The summed E-state index contributed by atoms with van der Waals surface area (Å²) < 4.78 is 0. The fourth-order valence-corrected chi connectivity index (χ4v) is 7.06. The molecule has 0 aliphatic carbocycles. The summed E-state index contributed by atoms with van der Waals surface area (Å²) in [6.07, 6.45) is 0.